The average molecular weight is 507 g/mol. The van der Waals surface area contributed by atoms with Gasteiger partial charge in [-0.2, -0.15) is 0 Å². The highest BCUT2D eigenvalue weighted by molar-refractivity contribution is 5.86. The first-order valence-corrected chi connectivity index (χ1v) is 14.2. The normalized spacial score (nSPS) is 18.7. The Balaban J connectivity index is 1.76. The molecule has 0 aliphatic heterocycles. The van der Waals surface area contributed by atoms with Crippen molar-refractivity contribution in [1.29, 1.82) is 0 Å². The highest BCUT2D eigenvalue weighted by Crippen LogP contribution is 2.34. The molecule has 0 aromatic heterocycles. The van der Waals surface area contributed by atoms with Crippen LogP contribution in [-0.2, 0) is 22.4 Å². The van der Waals surface area contributed by atoms with Crippen LogP contribution >= 0.6 is 0 Å². The quantitative estimate of drug-likeness (QED) is 0.132. The molecule has 1 atom stereocenters. The molecule has 0 radical (unpaired) electrons. The Hall–Kier alpha value is -1.75. The molecule has 0 heterocycles. The van der Waals surface area contributed by atoms with E-state index in [9.17, 15) is 18.7 Å². The third-order valence-electron chi connectivity index (χ3n) is 7.89. The van der Waals surface area contributed by atoms with E-state index in [-0.39, 0.29) is 19.1 Å². The van der Waals surface area contributed by atoms with Gasteiger partial charge in [0.1, 0.15) is 0 Å². The molecular weight excluding hydrogens is 458 g/mol. The summed E-state index contributed by atoms with van der Waals surface area (Å²) in [5.41, 5.74) is 1.09. The van der Waals surface area contributed by atoms with Gasteiger partial charge in [-0.15, -0.1) is 0 Å². The van der Waals surface area contributed by atoms with Crippen molar-refractivity contribution < 1.29 is 23.4 Å². The van der Waals surface area contributed by atoms with Crippen molar-refractivity contribution >= 4 is 5.97 Å². The predicted molar refractivity (Wildman–Crippen MR) is 143 cm³/mol. The summed E-state index contributed by atoms with van der Waals surface area (Å²) in [7, 11) is 0. The third-order valence-corrected chi connectivity index (χ3v) is 7.89. The van der Waals surface area contributed by atoms with Crippen LogP contribution in [0, 0.1) is 29.4 Å². The van der Waals surface area contributed by atoms with Crippen molar-refractivity contribution in [3.8, 4) is 0 Å². The fourth-order valence-corrected chi connectivity index (χ4v) is 5.50. The number of esters is 1. The Morgan fingerprint density at radius 2 is 1.58 bits per heavy atom. The Morgan fingerprint density at radius 1 is 1.00 bits per heavy atom. The number of halogens is 2. The summed E-state index contributed by atoms with van der Waals surface area (Å²) in [5.74, 6) is -0.364. The van der Waals surface area contributed by atoms with E-state index in [0.29, 0.717) is 42.4 Å². The number of unbranched alkanes of at least 4 members (excludes halogenated alkanes) is 3. The second-order valence-electron chi connectivity index (χ2n) is 10.9. The van der Waals surface area contributed by atoms with Gasteiger partial charge in [-0.25, -0.2) is 13.6 Å². The monoisotopic (exact) mass is 506 g/mol. The molecule has 1 unspecified atom stereocenters. The van der Waals surface area contributed by atoms with Crippen LogP contribution in [0.15, 0.2) is 24.3 Å². The number of aliphatic hydroxyl groups excluding tert-OH is 1. The second kappa shape index (κ2) is 16.9. The number of benzene rings is 1. The van der Waals surface area contributed by atoms with Gasteiger partial charge in [0, 0.05) is 12.2 Å². The lowest BCUT2D eigenvalue weighted by Crippen LogP contribution is -2.15. The Kier molecular flexibility index (Phi) is 14.3. The van der Waals surface area contributed by atoms with E-state index in [1.165, 1.54) is 57.8 Å². The zero-order valence-electron chi connectivity index (χ0n) is 22.6. The van der Waals surface area contributed by atoms with Gasteiger partial charge in [0.05, 0.1) is 6.61 Å². The number of aliphatic hydroxyl groups is 1. The Bertz CT molecular complexity index is 799. The van der Waals surface area contributed by atoms with E-state index in [1.807, 2.05) is 0 Å². The number of carbonyl (C=O) groups is 1. The summed E-state index contributed by atoms with van der Waals surface area (Å²) in [6.45, 7) is 7.49. The van der Waals surface area contributed by atoms with Crippen molar-refractivity contribution in [3.63, 3.8) is 0 Å². The van der Waals surface area contributed by atoms with Crippen molar-refractivity contribution in [2.24, 2.45) is 17.8 Å². The van der Waals surface area contributed by atoms with Gasteiger partial charge in [-0.05, 0) is 67.9 Å². The van der Waals surface area contributed by atoms with Crippen LogP contribution < -0.4 is 0 Å². The van der Waals surface area contributed by atoms with Gasteiger partial charge in [0.2, 0.25) is 0 Å². The van der Waals surface area contributed by atoms with Crippen molar-refractivity contribution in [2.75, 3.05) is 13.2 Å². The Labute approximate surface area is 217 Å². The van der Waals surface area contributed by atoms with E-state index in [1.54, 1.807) is 19.1 Å². The first-order chi connectivity index (χ1) is 17.3. The predicted octanol–water partition coefficient (Wildman–Crippen LogP) is 8.11. The van der Waals surface area contributed by atoms with E-state index in [0.717, 1.165) is 24.7 Å². The smallest absolute Gasteiger partial charge is 0.333 e. The third kappa shape index (κ3) is 10.7. The van der Waals surface area contributed by atoms with Gasteiger partial charge in [-0.3, -0.25) is 0 Å². The highest BCUT2D eigenvalue weighted by Gasteiger charge is 2.21. The van der Waals surface area contributed by atoms with Crippen LogP contribution in [0.5, 0.6) is 0 Å². The molecule has 1 N–H and O–H groups in total. The van der Waals surface area contributed by atoms with Gasteiger partial charge >= 0.3 is 5.97 Å². The molecule has 204 valence electrons. The molecule has 0 spiro atoms. The van der Waals surface area contributed by atoms with Gasteiger partial charge in [-0.1, -0.05) is 89.8 Å². The minimum atomic E-state index is -0.782. The first-order valence-electron chi connectivity index (χ1n) is 14.2. The number of aryl methyl sites for hydroxylation is 1. The lowest BCUT2D eigenvalue weighted by molar-refractivity contribution is -0.139. The van der Waals surface area contributed by atoms with Gasteiger partial charge in [0.15, 0.2) is 11.6 Å². The molecule has 0 bridgehead atoms. The van der Waals surface area contributed by atoms with Crippen LogP contribution in [0.25, 0.3) is 0 Å². The van der Waals surface area contributed by atoms with Crippen LogP contribution in [0.2, 0.25) is 0 Å². The van der Waals surface area contributed by atoms with Crippen molar-refractivity contribution in [3.05, 3.63) is 47.0 Å². The number of hydrogen-bond acceptors (Lipinski definition) is 3. The maximum atomic E-state index is 14.8. The minimum absolute atomic E-state index is 0.0538. The van der Waals surface area contributed by atoms with Crippen molar-refractivity contribution in [2.45, 2.75) is 110 Å². The molecule has 2 rings (SSSR count). The number of rotatable bonds is 17. The molecule has 1 aliphatic carbocycles. The van der Waals surface area contributed by atoms with Crippen LogP contribution in [-0.4, -0.2) is 24.3 Å². The molecule has 1 fully saturated rings. The molecule has 5 heteroatoms. The maximum absolute atomic E-state index is 14.8. The van der Waals surface area contributed by atoms with Crippen LogP contribution in [0.1, 0.15) is 108 Å². The maximum Gasteiger partial charge on any atom is 0.333 e. The van der Waals surface area contributed by atoms with Gasteiger partial charge < -0.3 is 9.84 Å². The summed E-state index contributed by atoms with van der Waals surface area (Å²) in [6, 6.07) is 3.39. The molecule has 0 saturated heterocycles. The minimum Gasteiger partial charge on any atom is -0.462 e. The fourth-order valence-electron chi connectivity index (χ4n) is 5.50. The zero-order valence-corrected chi connectivity index (χ0v) is 22.6. The zero-order chi connectivity index (χ0) is 26.3. The van der Waals surface area contributed by atoms with Crippen LogP contribution in [0.3, 0.4) is 0 Å². The molecule has 3 nitrogen and oxygen atoms in total. The van der Waals surface area contributed by atoms with Gasteiger partial charge in [0.25, 0.3) is 0 Å². The summed E-state index contributed by atoms with van der Waals surface area (Å²) in [6.07, 6.45) is 15.7. The number of hydrogen-bond donors (Lipinski definition) is 1. The van der Waals surface area contributed by atoms with Crippen LogP contribution in [0.4, 0.5) is 8.78 Å². The average Bonchev–Trinajstić information content (AvgIpc) is 2.86. The Morgan fingerprint density at radius 3 is 2.17 bits per heavy atom. The summed E-state index contributed by atoms with van der Waals surface area (Å²) < 4.78 is 34.8. The summed E-state index contributed by atoms with van der Waals surface area (Å²) in [4.78, 5) is 11.6. The SMILES string of the molecule is C=C(C)C(=O)OCCC(CCO)Cc1ccc(CCCCC2CCC(CCCCC)CC2)c(F)c1F. The first kappa shape index (κ1) is 30.5. The standard InChI is InChI=1S/C31H48F2O3/c1-4-5-6-9-24-12-14-25(15-13-24)10-7-8-11-27-16-17-28(30(33)29(27)32)22-26(18-20-34)19-21-36-31(35)23(2)3/h16-17,24-26,34H,2,4-15,18-22H2,1,3H3. The van der Waals surface area contributed by atoms with E-state index < -0.39 is 17.6 Å². The summed E-state index contributed by atoms with van der Waals surface area (Å²) in [5, 5.41) is 9.36. The highest BCUT2D eigenvalue weighted by atomic mass is 19.2. The second-order valence-corrected chi connectivity index (χ2v) is 10.9. The number of carbonyl (C=O) groups excluding carboxylic acids is 1. The lowest BCUT2D eigenvalue weighted by Gasteiger charge is -2.28. The molecule has 36 heavy (non-hydrogen) atoms. The van der Waals surface area contributed by atoms with Crippen molar-refractivity contribution in [1.82, 2.24) is 0 Å². The molecule has 1 aromatic carbocycles. The van der Waals surface area contributed by atoms with E-state index >= 15 is 0 Å². The fraction of sp³-hybridized carbons (Fsp3) is 0.710. The van der Waals surface area contributed by atoms with E-state index in [2.05, 4.69) is 13.5 Å². The van der Waals surface area contributed by atoms with E-state index in [4.69, 9.17) is 4.74 Å². The molecule has 1 saturated carbocycles. The number of ether oxygens (including phenoxy) is 1. The largest absolute Gasteiger partial charge is 0.462 e. The lowest BCUT2D eigenvalue weighted by atomic mass is 9.78. The molecular formula is C31H48F2O3. The molecule has 0 amide bonds. The molecule has 1 aromatic rings. The summed E-state index contributed by atoms with van der Waals surface area (Å²) >= 11 is 0. The topological polar surface area (TPSA) is 46.5 Å². The molecule has 1 aliphatic rings.